The molecule has 0 amide bonds. The van der Waals surface area contributed by atoms with Crippen molar-refractivity contribution < 1.29 is 0 Å². The lowest BCUT2D eigenvalue weighted by molar-refractivity contribution is 1.16. The van der Waals surface area contributed by atoms with Crippen LogP contribution in [-0.2, 0) is 0 Å². The lowest BCUT2D eigenvalue weighted by Gasteiger charge is -2.29. The van der Waals surface area contributed by atoms with E-state index >= 15 is 0 Å². The molecule has 1 heterocycles. The molecule has 0 aromatic heterocycles. The minimum absolute atomic E-state index is 2.54. The smallest absolute Gasteiger partial charge is 0.154 e. The minimum atomic E-state index is -2.54. The summed E-state index contributed by atoms with van der Waals surface area (Å²) >= 11 is 0. The molecule has 72 valence electrons. The summed E-state index contributed by atoms with van der Waals surface area (Å²) in [5.74, 6) is 0. The molecule has 0 aromatic carbocycles. The molecule has 9 nitrogen and oxygen atoms in total. The van der Waals surface area contributed by atoms with E-state index in [9.17, 15) is 0 Å². The van der Waals surface area contributed by atoms with Crippen molar-refractivity contribution in [2.24, 2.45) is 33.0 Å². The maximum Gasteiger partial charge on any atom is 0.369 e. The van der Waals surface area contributed by atoms with Gasteiger partial charge in [-0.3, -0.25) is 0 Å². The van der Waals surface area contributed by atoms with Gasteiger partial charge in [0.2, 0.25) is 0 Å². The van der Waals surface area contributed by atoms with E-state index in [-0.39, 0.29) is 0 Å². The van der Waals surface area contributed by atoms with Crippen LogP contribution in [0.25, 0.3) is 0 Å². The number of nitrogens with one attached hydrogen (secondary N) is 3. The van der Waals surface area contributed by atoms with E-state index in [4.69, 9.17) is 33.0 Å². The van der Waals surface area contributed by atoms with Gasteiger partial charge in [0.25, 0.3) is 0 Å². The first-order valence-electron chi connectivity index (χ1n) is 2.89. The third-order valence-electron chi connectivity index (χ3n) is 0.993. The van der Waals surface area contributed by atoms with Crippen molar-refractivity contribution >= 4 is 23.6 Å². The monoisotopic (exact) mass is 234 g/mol. The quantitative estimate of drug-likeness (QED) is 0.204. The van der Waals surface area contributed by atoms with Gasteiger partial charge in [0.1, 0.15) is 0 Å². The Hall–Kier alpha value is 0.930. The molecule has 0 radical (unpaired) electrons. The summed E-state index contributed by atoms with van der Waals surface area (Å²) in [6.45, 7) is 0. The fourth-order valence-electron chi connectivity index (χ4n) is 0.888. The largest absolute Gasteiger partial charge is 0.369 e. The van der Waals surface area contributed by atoms with Crippen molar-refractivity contribution in [1.82, 2.24) is 14.6 Å². The van der Waals surface area contributed by atoms with E-state index in [0.717, 1.165) is 0 Å². The van der Waals surface area contributed by atoms with E-state index in [1.165, 1.54) is 0 Å². The summed E-state index contributed by atoms with van der Waals surface area (Å²) in [5.41, 5.74) is 33.5. The maximum atomic E-state index is 5.59. The highest BCUT2D eigenvalue weighted by molar-refractivity contribution is 7.97. The summed E-state index contributed by atoms with van der Waals surface area (Å²) < 4.78 is 0. The molecule has 1 aliphatic rings. The zero-order valence-corrected chi connectivity index (χ0v) is 8.99. The van der Waals surface area contributed by atoms with Gasteiger partial charge in [0.15, 0.2) is 0 Å². The molecule has 0 bridgehead atoms. The molecule has 0 atom stereocenters. The van der Waals surface area contributed by atoms with Crippen LogP contribution in [0.3, 0.4) is 0 Å². The van der Waals surface area contributed by atoms with Crippen molar-refractivity contribution in [3.63, 3.8) is 0 Å². The van der Waals surface area contributed by atoms with Gasteiger partial charge in [-0.2, -0.15) is 33.0 Å². The molecule has 1 fully saturated rings. The standard InChI is InChI=1S/H15N9P3/c1-10(2)7-11(3,4)9-12(5,6)8-10/h7-9H,1-6H2/q+3. The van der Waals surface area contributed by atoms with Crippen LogP contribution in [0.2, 0.25) is 0 Å². The first-order chi connectivity index (χ1) is 5.12. The number of nitrogens with two attached hydrogens (primary N) is 6. The van der Waals surface area contributed by atoms with Gasteiger partial charge < -0.3 is 0 Å². The SMILES string of the molecule is N[P+]1(N)N[P+](N)(N)N[P+](N)(N)N1. The Morgan fingerprint density at radius 3 is 0.833 bits per heavy atom. The summed E-state index contributed by atoms with van der Waals surface area (Å²) in [7, 11) is -7.63. The van der Waals surface area contributed by atoms with Gasteiger partial charge in [0, 0.05) is 14.6 Å². The molecule has 1 rings (SSSR count). The van der Waals surface area contributed by atoms with Gasteiger partial charge in [-0.1, -0.05) is 0 Å². The van der Waals surface area contributed by atoms with Gasteiger partial charge in [0.05, 0.1) is 0 Å². The summed E-state index contributed by atoms with van der Waals surface area (Å²) in [5, 5.41) is 0. The van der Waals surface area contributed by atoms with Crippen LogP contribution in [0.5, 0.6) is 0 Å². The van der Waals surface area contributed by atoms with Crippen LogP contribution in [0.1, 0.15) is 0 Å². The van der Waals surface area contributed by atoms with E-state index in [2.05, 4.69) is 14.6 Å². The summed E-state index contributed by atoms with van der Waals surface area (Å²) in [6.07, 6.45) is 0. The molecule has 0 aliphatic carbocycles. The molecular formula is H15N9P3+3. The predicted octanol–water partition coefficient (Wildman–Crippen LogP) is -2.45. The Labute approximate surface area is 72.0 Å². The molecule has 12 heteroatoms. The number of hydrogen-bond donors (Lipinski definition) is 9. The van der Waals surface area contributed by atoms with Gasteiger partial charge in [-0.15, -0.1) is 0 Å². The highest BCUT2D eigenvalue weighted by Crippen LogP contribution is 2.62. The Bertz CT molecular complexity index is 137. The fraction of sp³-hybridized carbons (Fsp3) is 0. The van der Waals surface area contributed by atoms with Crippen LogP contribution >= 0.6 is 23.6 Å². The second-order valence-electron chi connectivity index (χ2n) is 2.63. The van der Waals surface area contributed by atoms with Gasteiger partial charge in [-0.05, 0) is 0 Å². The number of rotatable bonds is 0. The van der Waals surface area contributed by atoms with Crippen LogP contribution in [0.15, 0.2) is 0 Å². The molecule has 0 spiro atoms. The van der Waals surface area contributed by atoms with Crippen LogP contribution in [-0.4, -0.2) is 0 Å². The Morgan fingerprint density at radius 1 is 0.500 bits per heavy atom. The Morgan fingerprint density at radius 2 is 0.667 bits per heavy atom. The average Bonchev–Trinajstić information content (AvgIpc) is 1.44. The zero-order valence-electron chi connectivity index (χ0n) is 6.31. The predicted molar refractivity (Wildman–Crippen MR) is 55.3 cm³/mol. The van der Waals surface area contributed by atoms with Crippen molar-refractivity contribution in [2.75, 3.05) is 0 Å². The molecule has 0 unspecified atom stereocenters. The molecule has 15 N–H and O–H groups in total. The highest BCUT2D eigenvalue weighted by Gasteiger charge is 2.64. The van der Waals surface area contributed by atoms with Crippen LogP contribution in [0.4, 0.5) is 0 Å². The molecule has 0 saturated carbocycles. The van der Waals surface area contributed by atoms with Crippen LogP contribution in [0, 0.1) is 0 Å². The molecule has 1 saturated heterocycles. The number of hydrogen-bond acceptors (Lipinski definition) is 9. The molecule has 12 heavy (non-hydrogen) atoms. The van der Waals surface area contributed by atoms with Crippen molar-refractivity contribution in [3.05, 3.63) is 0 Å². The third-order valence-corrected chi connectivity index (χ3v) is 8.94. The lowest BCUT2D eigenvalue weighted by Crippen LogP contribution is -2.57. The Kier molecular flexibility index (Phi) is 2.72. The fourth-order valence-corrected chi connectivity index (χ4v) is 9.20. The molecular weight excluding hydrogens is 219 g/mol. The van der Waals surface area contributed by atoms with Crippen molar-refractivity contribution in [2.45, 2.75) is 0 Å². The first-order valence-corrected chi connectivity index (χ1v) is 8.67. The normalized spacial score (nSPS) is 31.5. The highest BCUT2D eigenvalue weighted by atomic mass is 31.3. The van der Waals surface area contributed by atoms with Crippen molar-refractivity contribution in [3.8, 4) is 0 Å². The Balaban J connectivity index is 2.81. The zero-order chi connectivity index (χ0) is 9.62. The topological polar surface area (TPSA) is 192 Å². The molecule has 1 aliphatic heterocycles. The van der Waals surface area contributed by atoms with E-state index < -0.39 is 23.6 Å². The maximum absolute atomic E-state index is 5.59. The average molecular weight is 234 g/mol. The van der Waals surface area contributed by atoms with Gasteiger partial charge in [-0.25, -0.2) is 0 Å². The summed E-state index contributed by atoms with van der Waals surface area (Å²) in [4.78, 5) is 8.00. The van der Waals surface area contributed by atoms with E-state index in [1.807, 2.05) is 0 Å². The second kappa shape index (κ2) is 2.96. The van der Waals surface area contributed by atoms with Crippen LogP contribution < -0.4 is 47.6 Å². The summed E-state index contributed by atoms with van der Waals surface area (Å²) in [6, 6.07) is 0. The third kappa shape index (κ3) is 3.01. The van der Waals surface area contributed by atoms with E-state index in [0.29, 0.717) is 0 Å². The first kappa shape index (κ1) is 11.0. The van der Waals surface area contributed by atoms with Gasteiger partial charge >= 0.3 is 23.6 Å². The lowest BCUT2D eigenvalue weighted by atomic mass is 13.7. The molecule has 0 aromatic rings. The second-order valence-corrected chi connectivity index (χ2v) is 9.70. The minimum Gasteiger partial charge on any atom is -0.154 e. The van der Waals surface area contributed by atoms with E-state index in [1.54, 1.807) is 0 Å². The van der Waals surface area contributed by atoms with Crippen molar-refractivity contribution in [1.29, 1.82) is 0 Å².